The number of aliphatic hydroxyl groups excluding tert-OH is 1. The molecule has 0 heterocycles. The number of methoxy groups -OCH3 is 9. The smallest absolute Gasteiger partial charge is 0.400 e. The Morgan fingerprint density at radius 1 is 0.455 bits per heavy atom. The number of aliphatic hydroxyl groups is 6. The zero-order valence-corrected chi connectivity index (χ0v) is 33.4. The molecule has 3 radical (unpaired) electrons. The first kappa shape index (κ1) is 85.8. The monoisotopic (exact) mass is 897 g/mol. The second-order valence-corrected chi connectivity index (χ2v) is 5.41. The van der Waals surface area contributed by atoms with Crippen molar-refractivity contribution in [3.63, 3.8) is 0 Å². The van der Waals surface area contributed by atoms with Gasteiger partial charge < -0.3 is 73.3 Å². The van der Waals surface area contributed by atoms with E-state index in [-0.39, 0.29) is 135 Å². The summed E-state index contributed by atoms with van der Waals surface area (Å²) in [6.07, 6.45) is -8.30. The Morgan fingerprint density at radius 2 is 0.727 bits per heavy atom. The molecule has 0 aliphatic heterocycles. The van der Waals surface area contributed by atoms with Gasteiger partial charge in [-0.05, 0) is 0 Å². The molecule has 0 saturated heterocycles. The SMILES string of the molecule is C.C.C.C.C.CO.COC.COC.COC(O)(O)OC.COC(OC)OC(O)(OC)OC(O)(OC)OC(C)(O)OC.[Y].[Y].[Y]. The van der Waals surface area contributed by atoms with Gasteiger partial charge in [0.15, 0.2) is 0 Å². The maximum absolute atomic E-state index is 9.92. The van der Waals surface area contributed by atoms with E-state index in [2.05, 4.69) is 52.1 Å². The first-order valence-electron chi connectivity index (χ1n) is 9.30. The third-order valence-corrected chi connectivity index (χ3v) is 2.63. The number of hydrogen-bond donors (Lipinski definition) is 6. The van der Waals surface area contributed by atoms with E-state index in [1.807, 2.05) is 0 Å². The van der Waals surface area contributed by atoms with Crippen LogP contribution >= 0.6 is 0 Å². The summed E-state index contributed by atoms with van der Waals surface area (Å²) in [5.41, 5.74) is 0. The fourth-order valence-electron chi connectivity index (χ4n) is 1.06. The summed E-state index contributed by atoms with van der Waals surface area (Å²) in [4.78, 5) is 0. The van der Waals surface area contributed by atoms with Gasteiger partial charge in [-0.25, -0.2) is 14.2 Å². The van der Waals surface area contributed by atoms with Gasteiger partial charge in [-0.3, -0.25) is 0 Å². The van der Waals surface area contributed by atoms with Gasteiger partial charge >= 0.3 is 18.5 Å². The fraction of sp³-hybridized carbons (Fsp3) is 1.00. The van der Waals surface area contributed by atoms with Gasteiger partial charge in [-0.15, -0.1) is 0 Å². The fourth-order valence-corrected chi connectivity index (χ4v) is 1.06. The standard InChI is InChI=1S/C10H22O11.C3H8O4.2C2H6O.CH4O.5CH4.3Y/c1-8(11,16-4)20-10(13,18-6)21-9(12,17-5)19-7(14-2)15-3;1-6-3(4,5)7-2;2*1-3-2;1-2;;;;;;;;/h7,11-13H,1-6H3;4-5H,1-2H3;2*1-2H3;2H,1H3;5*1H4;;;. The predicted molar refractivity (Wildman–Crippen MR) is 151 cm³/mol. The first-order chi connectivity index (χ1) is 16.5. The molecule has 275 valence electrons. The summed E-state index contributed by atoms with van der Waals surface area (Å²) in [6, 6.07) is 0. The van der Waals surface area contributed by atoms with E-state index >= 15 is 0 Å². The quantitative estimate of drug-likeness (QED) is 0.139. The van der Waals surface area contributed by atoms with Gasteiger partial charge in [0, 0.05) is 190 Å². The topological polar surface area (TPSA) is 232 Å². The Morgan fingerprint density at radius 3 is 0.886 bits per heavy atom. The van der Waals surface area contributed by atoms with Crippen LogP contribution in [0.3, 0.4) is 0 Å². The van der Waals surface area contributed by atoms with Crippen molar-refractivity contribution in [2.75, 3.05) is 85.3 Å². The molecule has 6 N–H and O–H groups in total. The Labute approximate surface area is 342 Å². The molecule has 0 fully saturated rings. The molecule has 3 unspecified atom stereocenters. The van der Waals surface area contributed by atoms with Crippen molar-refractivity contribution in [2.24, 2.45) is 0 Å². The van der Waals surface area contributed by atoms with Crippen molar-refractivity contribution in [1.82, 2.24) is 0 Å². The zero-order valence-electron chi connectivity index (χ0n) is 24.9. The Balaban J connectivity index is -0.0000000325. The van der Waals surface area contributed by atoms with Crippen LogP contribution in [-0.2, 0) is 155 Å². The normalized spacial score (nSPS) is 12.8. The van der Waals surface area contributed by atoms with Crippen molar-refractivity contribution in [2.45, 2.75) is 75.0 Å². The van der Waals surface area contributed by atoms with Crippen LogP contribution in [0, 0.1) is 0 Å². The number of ether oxygens (including phenoxy) is 12. The Bertz CT molecular complexity index is 449. The molecule has 0 saturated carbocycles. The summed E-state index contributed by atoms with van der Waals surface area (Å²) in [5.74, 6) is -2.30. The van der Waals surface area contributed by atoms with Gasteiger partial charge in [-0.1, -0.05) is 37.1 Å². The molecule has 18 nitrogen and oxygen atoms in total. The maximum atomic E-state index is 9.92. The minimum absolute atomic E-state index is 0. The van der Waals surface area contributed by atoms with Crippen molar-refractivity contribution in [1.29, 1.82) is 0 Å². The van der Waals surface area contributed by atoms with Crippen LogP contribution in [0.4, 0.5) is 0 Å². The maximum Gasteiger partial charge on any atom is 0.420 e. The molecule has 0 aromatic heterocycles. The summed E-state index contributed by atoms with van der Waals surface area (Å²) in [5, 5.41) is 52.9. The Hall–Kier alpha value is 2.59. The van der Waals surface area contributed by atoms with Crippen molar-refractivity contribution in [3.8, 4) is 0 Å². The third-order valence-electron chi connectivity index (χ3n) is 2.63. The average Bonchev–Trinajstić information content (AvgIpc) is 2.84. The molecular weight excluding hydrogens is 831 g/mol. The van der Waals surface area contributed by atoms with E-state index in [0.29, 0.717) is 0 Å². The number of hydrogen-bond acceptors (Lipinski definition) is 18. The van der Waals surface area contributed by atoms with E-state index < -0.39 is 30.9 Å². The minimum atomic E-state index is -2.99. The second kappa shape index (κ2) is 52.4. The summed E-state index contributed by atoms with van der Waals surface area (Å²) >= 11 is 0. The van der Waals surface area contributed by atoms with Gasteiger partial charge in [0.25, 0.3) is 12.4 Å². The molecular formula is C23H66O18Y3. The van der Waals surface area contributed by atoms with E-state index in [9.17, 15) is 15.3 Å². The molecule has 0 amide bonds. The third kappa shape index (κ3) is 56.9. The van der Waals surface area contributed by atoms with Crippen molar-refractivity contribution in [3.05, 3.63) is 0 Å². The van der Waals surface area contributed by atoms with Crippen LogP contribution in [0.1, 0.15) is 44.1 Å². The van der Waals surface area contributed by atoms with Crippen molar-refractivity contribution >= 4 is 0 Å². The van der Waals surface area contributed by atoms with Gasteiger partial charge in [0.2, 0.25) is 0 Å². The minimum Gasteiger partial charge on any atom is -0.400 e. The molecule has 0 bridgehead atoms. The largest absolute Gasteiger partial charge is 0.420 e. The molecule has 21 heteroatoms. The molecule has 0 spiro atoms. The van der Waals surface area contributed by atoms with E-state index in [1.165, 1.54) is 14.2 Å². The molecule has 0 rings (SSSR count). The van der Waals surface area contributed by atoms with Crippen molar-refractivity contribution < 1.29 is 186 Å². The van der Waals surface area contributed by atoms with Crippen LogP contribution in [-0.4, -0.2) is 147 Å². The van der Waals surface area contributed by atoms with Gasteiger partial charge in [0.1, 0.15) is 0 Å². The molecule has 0 aliphatic carbocycles. The van der Waals surface area contributed by atoms with E-state index in [4.69, 9.17) is 20.1 Å². The van der Waals surface area contributed by atoms with Crippen LogP contribution in [0.25, 0.3) is 0 Å². The summed E-state index contributed by atoms with van der Waals surface area (Å²) in [7, 11) is 15.2. The second-order valence-electron chi connectivity index (χ2n) is 5.41. The molecule has 3 atom stereocenters. The van der Waals surface area contributed by atoms with E-state index in [0.717, 1.165) is 49.6 Å². The summed E-state index contributed by atoms with van der Waals surface area (Å²) in [6.45, 7) is -0.376. The first-order valence-corrected chi connectivity index (χ1v) is 9.30. The van der Waals surface area contributed by atoms with E-state index in [1.54, 1.807) is 28.4 Å². The molecule has 0 aromatic carbocycles. The molecule has 0 aliphatic rings. The van der Waals surface area contributed by atoms with Gasteiger partial charge in [0.05, 0.1) is 0 Å². The number of rotatable bonds is 13. The van der Waals surface area contributed by atoms with Crippen LogP contribution in [0.5, 0.6) is 0 Å². The van der Waals surface area contributed by atoms with Crippen LogP contribution < -0.4 is 0 Å². The van der Waals surface area contributed by atoms with Crippen LogP contribution in [0.2, 0.25) is 0 Å². The van der Waals surface area contributed by atoms with Gasteiger partial charge in [-0.2, -0.15) is 0 Å². The molecule has 44 heavy (non-hydrogen) atoms. The Kier molecular flexibility index (Phi) is 102. The molecule has 0 aromatic rings. The van der Waals surface area contributed by atoms with Crippen LogP contribution in [0.15, 0.2) is 0 Å². The summed E-state index contributed by atoms with van der Waals surface area (Å²) < 4.78 is 53.3. The average molecular weight is 897 g/mol. The zero-order chi connectivity index (χ0) is 30.1. The predicted octanol–water partition coefficient (Wildman–Crippen LogP) is 0.607.